The van der Waals surface area contributed by atoms with Gasteiger partial charge in [0, 0.05) is 11.9 Å². The van der Waals surface area contributed by atoms with Crippen molar-refractivity contribution in [3.63, 3.8) is 0 Å². The van der Waals surface area contributed by atoms with Crippen molar-refractivity contribution in [1.82, 2.24) is 10.3 Å². The van der Waals surface area contributed by atoms with Crippen LogP contribution in [0.25, 0.3) is 10.9 Å². The van der Waals surface area contributed by atoms with E-state index in [0.29, 0.717) is 0 Å². The first-order chi connectivity index (χ1) is 8.27. The Labute approximate surface area is 125 Å². The molecule has 1 aliphatic heterocycles. The zero-order valence-electron chi connectivity index (χ0n) is 10.7. The lowest BCUT2D eigenvalue weighted by molar-refractivity contribution is 0.166. The number of rotatable bonds is 0. The minimum absolute atomic E-state index is 0. The van der Waals surface area contributed by atoms with E-state index in [2.05, 4.69) is 23.3 Å². The Bertz CT molecular complexity index is 575. The van der Waals surface area contributed by atoms with Crippen molar-refractivity contribution in [3.05, 3.63) is 41.1 Å². The van der Waals surface area contributed by atoms with Gasteiger partial charge in [-0.3, -0.25) is 0 Å². The van der Waals surface area contributed by atoms with Crippen LogP contribution in [0.2, 0.25) is 0 Å². The van der Waals surface area contributed by atoms with Crippen LogP contribution in [0, 0.1) is 6.92 Å². The van der Waals surface area contributed by atoms with E-state index >= 15 is 0 Å². The highest BCUT2D eigenvalue weighted by atomic mass is 35.5. The number of para-hydroxylation sites is 1. The number of aryl methyl sites for hydroxylation is 1. The number of pyridine rings is 1. The number of aromatic nitrogens is 1. The Morgan fingerprint density at radius 1 is 1.26 bits per heavy atom. The molecule has 0 aliphatic carbocycles. The molecule has 1 atom stereocenters. The van der Waals surface area contributed by atoms with Crippen LogP contribution in [0.15, 0.2) is 24.3 Å². The van der Waals surface area contributed by atoms with E-state index in [0.717, 1.165) is 36.3 Å². The molecule has 3 nitrogen and oxygen atoms in total. The molecule has 1 aliphatic rings. The first kappa shape index (κ1) is 16.2. The fourth-order valence-corrected chi connectivity index (χ4v) is 2.53. The minimum Gasteiger partial charge on any atom is -0.387 e. The monoisotopic (exact) mass is 300 g/mol. The summed E-state index contributed by atoms with van der Waals surface area (Å²) in [4.78, 5) is 4.63. The van der Waals surface area contributed by atoms with Crippen LogP contribution in [0.4, 0.5) is 0 Å². The lowest BCUT2D eigenvalue weighted by Gasteiger charge is -2.14. The van der Waals surface area contributed by atoms with Gasteiger partial charge >= 0.3 is 0 Å². The summed E-state index contributed by atoms with van der Waals surface area (Å²) in [6.07, 6.45) is 0.293. The maximum atomic E-state index is 10.1. The van der Waals surface area contributed by atoms with Gasteiger partial charge in [0.15, 0.2) is 0 Å². The minimum atomic E-state index is -0.441. The van der Waals surface area contributed by atoms with Gasteiger partial charge in [-0.2, -0.15) is 0 Å². The van der Waals surface area contributed by atoms with E-state index < -0.39 is 6.10 Å². The van der Waals surface area contributed by atoms with Gasteiger partial charge in [0.25, 0.3) is 0 Å². The molecule has 5 heteroatoms. The predicted octanol–water partition coefficient (Wildman–Crippen LogP) is 2.91. The highest BCUT2D eigenvalue weighted by Crippen LogP contribution is 2.29. The summed E-state index contributed by atoms with van der Waals surface area (Å²) in [6.45, 7) is 3.76. The number of nitrogens with zero attached hydrogens (tertiary/aromatic N) is 1. The van der Waals surface area contributed by atoms with E-state index in [1.54, 1.807) is 0 Å². The molecule has 0 radical (unpaired) electrons. The standard InChI is InChI=1S/C14H16N2O.2ClH/c1-9-10-4-2-3-5-12(10)16-14-11(9)8-15-7-6-13(14)17;;/h2-5,13,15,17H,6-8H2,1H3;2*1H. The van der Waals surface area contributed by atoms with Crippen molar-refractivity contribution in [3.8, 4) is 0 Å². The van der Waals surface area contributed by atoms with Gasteiger partial charge in [-0.15, -0.1) is 24.8 Å². The van der Waals surface area contributed by atoms with E-state index in [1.165, 1.54) is 10.9 Å². The molecule has 0 spiro atoms. The Kier molecular flexibility index (Phi) is 5.56. The quantitative estimate of drug-likeness (QED) is 0.786. The molecule has 0 saturated carbocycles. The van der Waals surface area contributed by atoms with Crippen LogP contribution in [-0.4, -0.2) is 16.6 Å². The van der Waals surface area contributed by atoms with Gasteiger partial charge < -0.3 is 10.4 Å². The van der Waals surface area contributed by atoms with Crippen molar-refractivity contribution in [2.75, 3.05) is 6.54 Å². The summed E-state index contributed by atoms with van der Waals surface area (Å²) in [5, 5.41) is 14.6. The number of nitrogens with one attached hydrogen (secondary N) is 1. The highest BCUT2D eigenvalue weighted by molar-refractivity contribution is 5.85. The third-order valence-electron chi connectivity index (χ3n) is 3.52. The zero-order valence-corrected chi connectivity index (χ0v) is 12.4. The predicted molar refractivity (Wildman–Crippen MR) is 82.3 cm³/mol. The number of aliphatic hydroxyl groups is 1. The number of fused-ring (bicyclic) bond motifs is 2. The zero-order chi connectivity index (χ0) is 11.8. The highest BCUT2D eigenvalue weighted by Gasteiger charge is 2.20. The van der Waals surface area contributed by atoms with Crippen LogP contribution >= 0.6 is 24.8 Å². The second-order valence-electron chi connectivity index (χ2n) is 4.60. The normalized spacial score (nSPS) is 17.9. The molecular formula is C14H18Cl2N2O. The molecule has 2 heterocycles. The summed E-state index contributed by atoms with van der Waals surface area (Å²) >= 11 is 0. The number of hydrogen-bond acceptors (Lipinski definition) is 3. The van der Waals surface area contributed by atoms with Crippen LogP contribution in [0.1, 0.15) is 29.3 Å². The summed E-state index contributed by atoms with van der Waals surface area (Å²) in [7, 11) is 0. The molecule has 3 rings (SSSR count). The molecular weight excluding hydrogens is 283 g/mol. The average molecular weight is 301 g/mol. The number of halogens is 2. The second-order valence-corrected chi connectivity index (χ2v) is 4.60. The lowest BCUT2D eigenvalue weighted by Crippen LogP contribution is -2.13. The Balaban J connectivity index is 0.000000902. The lowest BCUT2D eigenvalue weighted by atomic mass is 9.99. The SMILES string of the molecule is Cc1c2c(nc3ccccc13)C(O)CCNC2.Cl.Cl. The molecule has 19 heavy (non-hydrogen) atoms. The van der Waals surface area contributed by atoms with E-state index in [9.17, 15) is 5.11 Å². The topological polar surface area (TPSA) is 45.2 Å². The first-order valence-electron chi connectivity index (χ1n) is 6.04. The number of aliphatic hydroxyl groups excluding tert-OH is 1. The maximum absolute atomic E-state index is 10.1. The Hall–Kier alpha value is -0.870. The summed E-state index contributed by atoms with van der Waals surface area (Å²) in [5.74, 6) is 0. The van der Waals surface area contributed by atoms with Gasteiger partial charge in [-0.25, -0.2) is 4.98 Å². The van der Waals surface area contributed by atoms with E-state index in [1.807, 2.05) is 18.2 Å². The fraction of sp³-hybridized carbons (Fsp3) is 0.357. The summed E-state index contributed by atoms with van der Waals surface area (Å²) in [5.41, 5.74) is 4.23. The number of hydrogen-bond donors (Lipinski definition) is 2. The van der Waals surface area contributed by atoms with Gasteiger partial charge in [0.05, 0.1) is 17.3 Å². The van der Waals surface area contributed by atoms with Crippen molar-refractivity contribution >= 4 is 35.7 Å². The third kappa shape index (κ3) is 2.84. The molecule has 1 unspecified atom stereocenters. The molecule has 2 aromatic rings. The Morgan fingerprint density at radius 3 is 2.79 bits per heavy atom. The molecule has 0 bridgehead atoms. The largest absolute Gasteiger partial charge is 0.387 e. The van der Waals surface area contributed by atoms with Crippen molar-refractivity contribution in [2.45, 2.75) is 26.0 Å². The van der Waals surface area contributed by atoms with Crippen LogP contribution in [-0.2, 0) is 6.54 Å². The average Bonchev–Trinajstić information content (AvgIpc) is 2.53. The van der Waals surface area contributed by atoms with Crippen molar-refractivity contribution in [1.29, 1.82) is 0 Å². The van der Waals surface area contributed by atoms with Crippen LogP contribution in [0.5, 0.6) is 0 Å². The van der Waals surface area contributed by atoms with Crippen molar-refractivity contribution < 1.29 is 5.11 Å². The van der Waals surface area contributed by atoms with Crippen LogP contribution < -0.4 is 5.32 Å². The van der Waals surface area contributed by atoms with E-state index in [4.69, 9.17) is 0 Å². The van der Waals surface area contributed by atoms with Gasteiger partial charge in [-0.1, -0.05) is 18.2 Å². The van der Waals surface area contributed by atoms with Gasteiger partial charge in [-0.05, 0) is 37.1 Å². The molecule has 0 saturated heterocycles. The van der Waals surface area contributed by atoms with Crippen molar-refractivity contribution in [2.24, 2.45) is 0 Å². The van der Waals surface area contributed by atoms with Crippen LogP contribution in [0.3, 0.4) is 0 Å². The smallest absolute Gasteiger partial charge is 0.0975 e. The van der Waals surface area contributed by atoms with Gasteiger partial charge in [0.1, 0.15) is 0 Å². The maximum Gasteiger partial charge on any atom is 0.0975 e. The fourth-order valence-electron chi connectivity index (χ4n) is 2.53. The van der Waals surface area contributed by atoms with Gasteiger partial charge in [0.2, 0.25) is 0 Å². The van der Waals surface area contributed by atoms with E-state index in [-0.39, 0.29) is 24.8 Å². The Morgan fingerprint density at radius 2 is 2.00 bits per heavy atom. The molecule has 0 amide bonds. The molecule has 104 valence electrons. The molecule has 1 aromatic heterocycles. The first-order valence-corrected chi connectivity index (χ1v) is 6.04. The molecule has 1 aromatic carbocycles. The third-order valence-corrected chi connectivity index (χ3v) is 3.52. The molecule has 0 fully saturated rings. The molecule has 2 N–H and O–H groups in total. The summed E-state index contributed by atoms with van der Waals surface area (Å²) < 4.78 is 0. The summed E-state index contributed by atoms with van der Waals surface area (Å²) in [6, 6.07) is 8.12. The number of benzene rings is 1. The second kappa shape index (κ2) is 6.53.